The number of aromatic nitrogens is 2. The van der Waals surface area contributed by atoms with E-state index in [9.17, 15) is 4.79 Å². The molecule has 0 saturated carbocycles. The molecule has 0 aliphatic rings. The van der Waals surface area contributed by atoms with Crippen molar-refractivity contribution >= 4 is 22.4 Å². The summed E-state index contributed by atoms with van der Waals surface area (Å²) in [5.74, 6) is 0.507. The molecule has 3 rings (SSSR count). The van der Waals surface area contributed by atoms with Gasteiger partial charge in [0.2, 0.25) is 11.0 Å². The van der Waals surface area contributed by atoms with Crippen LogP contribution in [0.1, 0.15) is 29.8 Å². The number of rotatable bonds is 7. The summed E-state index contributed by atoms with van der Waals surface area (Å²) in [6.07, 6.45) is 0.721. The molecule has 25 heavy (non-hydrogen) atoms. The van der Waals surface area contributed by atoms with E-state index in [0.29, 0.717) is 16.7 Å². The average molecular weight is 353 g/mol. The second-order valence-corrected chi connectivity index (χ2v) is 6.53. The number of carbonyl (C=O) groups excluding carboxylic acids is 1. The van der Waals surface area contributed by atoms with Gasteiger partial charge < -0.3 is 4.74 Å². The molecule has 1 aromatic heterocycles. The van der Waals surface area contributed by atoms with E-state index in [1.165, 1.54) is 11.3 Å². The Hall–Kier alpha value is -2.73. The van der Waals surface area contributed by atoms with Crippen molar-refractivity contribution in [2.45, 2.75) is 25.9 Å². The highest BCUT2D eigenvalue weighted by atomic mass is 32.1. The van der Waals surface area contributed by atoms with Crippen LogP contribution in [0.25, 0.3) is 0 Å². The Morgan fingerprint density at radius 1 is 1.08 bits per heavy atom. The van der Waals surface area contributed by atoms with Gasteiger partial charge in [-0.3, -0.25) is 10.1 Å². The van der Waals surface area contributed by atoms with E-state index >= 15 is 0 Å². The molecule has 0 saturated heterocycles. The first-order chi connectivity index (χ1) is 12.3. The molecule has 3 aromatic rings. The van der Waals surface area contributed by atoms with Crippen molar-refractivity contribution in [3.63, 3.8) is 0 Å². The third kappa shape index (κ3) is 4.64. The molecule has 0 aliphatic heterocycles. The number of hydrogen-bond donors (Lipinski definition) is 1. The van der Waals surface area contributed by atoms with Crippen molar-refractivity contribution < 1.29 is 9.53 Å². The van der Waals surface area contributed by atoms with E-state index in [0.717, 1.165) is 17.7 Å². The van der Waals surface area contributed by atoms with Gasteiger partial charge in [-0.05, 0) is 24.1 Å². The van der Waals surface area contributed by atoms with Crippen molar-refractivity contribution in [3.8, 4) is 5.75 Å². The van der Waals surface area contributed by atoms with Gasteiger partial charge >= 0.3 is 0 Å². The maximum Gasteiger partial charge on any atom is 0.233 e. The zero-order valence-electron chi connectivity index (χ0n) is 13.9. The fourth-order valence-corrected chi connectivity index (χ4v) is 3.13. The van der Waals surface area contributed by atoms with Gasteiger partial charge in [-0.25, -0.2) is 0 Å². The predicted molar refractivity (Wildman–Crippen MR) is 98.8 cm³/mol. The number of amides is 1. The van der Waals surface area contributed by atoms with Gasteiger partial charge in [0, 0.05) is 0 Å². The van der Waals surface area contributed by atoms with Crippen molar-refractivity contribution in [1.29, 1.82) is 0 Å². The minimum Gasteiger partial charge on any atom is -0.486 e. The number of anilines is 1. The molecular formula is C19H19N3O2S. The quantitative estimate of drug-likeness (QED) is 0.690. The van der Waals surface area contributed by atoms with Crippen LogP contribution in [0.2, 0.25) is 0 Å². The second kappa shape index (κ2) is 8.39. The minimum atomic E-state index is -0.200. The second-order valence-electron chi connectivity index (χ2n) is 5.46. The first kappa shape index (κ1) is 17.1. The number of nitrogens with one attached hydrogen (secondary N) is 1. The van der Waals surface area contributed by atoms with Crippen molar-refractivity contribution in [2.75, 3.05) is 5.32 Å². The van der Waals surface area contributed by atoms with Crippen molar-refractivity contribution in [3.05, 3.63) is 71.2 Å². The zero-order valence-corrected chi connectivity index (χ0v) is 14.7. The summed E-state index contributed by atoms with van der Waals surface area (Å²) in [5.41, 5.74) is 1.000. The maximum atomic E-state index is 12.5. The van der Waals surface area contributed by atoms with Gasteiger partial charge in [0.05, 0.1) is 5.92 Å². The number of carbonyl (C=O) groups is 1. The van der Waals surface area contributed by atoms with Gasteiger partial charge in [-0.15, -0.1) is 10.2 Å². The summed E-state index contributed by atoms with van der Waals surface area (Å²) >= 11 is 1.32. The Kier molecular flexibility index (Phi) is 5.74. The van der Waals surface area contributed by atoms with Crippen LogP contribution in [-0.4, -0.2) is 16.1 Å². The SMILES string of the molecule is CCC(C(=O)Nc1nnc(COc2ccccc2)s1)c1ccccc1. The van der Waals surface area contributed by atoms with Crippen LogP contribution in [0.5, 0.6) is 5.75 Å². The van der Waals surface area contributed by atoms with E-state index in [-0.39, 0.29) is 11.8 Å². The van der Waals surface area contributed by atoms with Crippen molar-refractivity contribution in [2.24, 2.45) is 0 Å². The molecule has 0 bridgehead atoms. The van der Waals surface area contributed by atoms with Gasteiger partial charge in [0.15, 0.2) is 5.01 Å². The fourth-order valence-electron chi connectivity index (χ4n) is 2.47. The highest BCUT2D eigenvalue weighted by molar-refractivity contribution is 7.15. The molecule has 0 fully saturated rings. The average Bonchev–Trinajstić information content (AvgIpc) is 3.10. The molecule has 5 nitrogen and oxygen atoms in total. The molecule has 1 heterocycles. The van der Waals surface area contributed by atoms with E-state index in [2.05, 4.69) is 15.5 Å². The number of para-hydroxylation sites is 1. The van der Waals surface area contributed by atoms with Crippen LogP contribution in [0, 0.1) is 0 Å². The van der Waals surface area contributed by atoms with Crippen LogP contribution in [0.15, 0.2) is 60.7 Å². The first-order valence-electron chi connectivity index (χ1n) is 8.12. The molecule has 1 amide bonds. The van der Waals surface area contributed by atoms with Crippen molar-refractivity contribution in [1.82, 2.24) is 10.2 Å². The molecule has 128 valence electrons. The normalized spacial score (nSPS) is 11.7. The van der Waals surface area contributed by atoms with E-state index in [1.54, 1.807) is 0 Å². The lowest BCUT2D eigenvalue weighted by atomic mass is 9.96. The number of ether oxygens (including phenoxy) is 1. The largest absolute Gasteiger partial charge is 0.486 e. The number of benzene rings is 2. The summed E-state index contributed by atoms with van der Waals surface area (Å²) in [5, 5.41) is 12.2. The molecule has 0 radical (unpaired) electrons. The molecule has 2 aromatic carbocycles. The van der Waals surface area contributed by atoms with Gasteiger partial charge in [0.25, 0.3) is 0 Å². The predicted octanol–water partition coefficient (Wildman–Crippen LogP) is 4.25. The van der Waals surface area contributed by atoms with Crippen LogP contribution in [0.3, 0.4) is 0 Å². The minimum absolute atomic E-state index is 0.0691. The Morgan fingerprint density at radius 2 is 1.76 bits per heavy atom. The van der Waals surface area contributed by atoms with E-state index in [4.69, 9.17) is 4.74 Å². The molecule has 1 atom stereocenters. The maximum absolute atomic E-state index is 12.5. The lowest BCUT2D eigenvalue weighted by Gasteiger charge is -2.13. The Bertz CT molecular complexity index is 806. The molecular weight excluding hydrogens is 334 g/mol. The third-order valence-corrected chi connectivity index (χ3v) is 4.54. The van der Waals surface area contributed by atoms with E-state index < -0.39 is 0 Å². The molecule has 0 spiro atoms. The lowest BCUT2D eigenvalue weighted by molar-refractivity contribution is -0.117. The summed E-state index contributed by atoms with van der Waals surface area (Å²) in [6.45, 7) is 2.32. The van der Waals surface area contributed by atoms with Crippen LogP contribution >= 0.6 is 11.3 Å². The third-order valence-electron chi connectivity index (χ3n) is 3.73. The Labute approximate surface area is 150 Å². The van der Waals surface area contributed by atoms with Crippen LogP contribution in [-0.2, 0) is 11.4 Å². The Morgan fingerprint density at radius 3 is 2.44 bits per heavy atom. The van der Waals surface area contributed by atoms with Gasteiger partial charge in [-0.2, -0.15) is 0 Å². The molecule has 0 aliphatic carbocycles. The van der Waals surface area contributed by atoms with Gasteiger partial charge in [0.1, 0.15) is 12.4 Å². The topological polar surface area (TPSA) is 64.1 Å². The van der Waals surface area contributed by atoms with Crippen LogP contribution < -0.4 is 10.1 Å². The monoisotopic (exact) mass is 353 g/mol. The molecule has 1 unspecified atom stereocenters. The summed E-state index contributed by atoms with van der Waals surface area (Å²) in [4.78, 5) is 12.5. The highest BCUT2D eigenvalue weighted by Gasteiger charge is 2.20. The molecule has 6 heteroatoms. The van der Waals surface area contributed by atoms with E-state index in [1.807, 2.05) is 67.6 Å². The smallest absolute Gasteiger partial charge is 0.233 e. The number of nitrogens with zero attached hydrogens (tertiary/aromatic N) is 2. The highest BCUT2D eigenvalue weighted by Crippen LogP contribution is 2.23. The van der Waals surface area contributed by atoms with Crippen LogP contribution in [0.4, 0.5) is 5.13 Å². The number of hydrogen-bond acceptors (Lipinski definition) is 5. The standard InChI is InChI=1S/C19H19N3O2S/c1-2-16(14-9-5-3-6-10-14)18(23)20-19-22-21-17(25-19)13-24-15-11-7-4-8-12-15/h3-12,16H,2,13H2,1H3,(H,20,22,23). The first-order valence-corrected chi connectivity index (χ1v) is 8.94. The lowest BCUT2D eigenvalue weighted by Crippen LogP contribution is -2.20. The summed E-state index contributed by atoms with van der Waals surface area (Å²) in [7, 11) is 0. The fraction of sp³-hybridized carbons (Fsp3) is 0.211. The molecule has 1 N–H and O–H groups in total. The summed E-state index contributed by atoms with van der Waals surface area (Å²) < 4.78 is 5.64. The van der Waals surface area contributed by atoms with Gasteiger partial charge in [-0.1, -0.05) is 66.8 Å². The Balaban J connectivity index is 1.59. The summed E-state index contributed by atoms with van der Waals surface area (Å²) in [6, 6.07) is 19.3. The zero-order chi connectivity index (χ0) is 17.5.